The molecule has 1 atom stereocenters. The van der Waals surface area contributed by atoms with Gasteiger partial charge in [0, 0.05) is 18.8 Å². The molecule has 0 aliphatic rings. The number of rotatable bonds is 6. The van der Waals surface area contributed by atoms with Gasteiger partial charge in [0.15, 0.2) is 0 Å². The van der Waals surface area contributed by atoms with Crippen LogP contribution in [0.4, 0.5) is 10.5 Å². The lowest BCUT2D eigenvalue weighted by atomic mass is 10.2. The second kappa shape index (κ2) is 7.00. The van der Waals surface area contributed by atoms with Gasteiger partial charge in [-0.15, -0.1) is 0 Å². The van der Waals surface area contributed by atoms with Gasteiger partial charge in [-0.3, -0.25) is 4.68 Å². The standard InChI is InChI=1S/C12H22N4O2/c1-4-11(17)5-6-13-12(18)15-10-7-14-16(8-10)9(2)3/h7-9,11,17H,4-6H2,1-3H3,(H2,13,15,18). The van der Waals surface area contributed by atoms with Crippen LogP contribution in [-0.2, 0) is 0 Å². The van der Waals surface area contributed by atoms with Gasteiger partial charge < -0.3 is 15.7 Å². The molecular formula is C12H22N4O2. The van der Waals surface area contributed by atoms with E-state index < -0.39 is 0 Å². The Morgan fingerprint density at radius 1 is 1.56 bits per heavy atom. The van der Waals surface area contributed by atoms with Gasteiger partial charge in [-0.2, -0.15) is 5.10 Å². The number of nitrogens with one attached hydrogen (secondary N) is 2. The number of carbonyl (C=O) groups is 1. The van der Waals surface area contributed by atoms with Crippen molar-refractivity contribution >= 4 is 11.7 Å². The Balaban J connectivity index is 2.31. The average Bonchev–Trinajstić information content (AvgIpc) is 2.77. The van der Waals surface area contributed by atoms with Crippen molar-refractivity contribution in [1.82, 2.24) is 15.1 Å². The molecule has 0 aromatic carbocycles. The molecule has 0 fully saturated rings. The number of aromatic nitrogens is 2. The van der Waals surface area contributed by atoms with E-state index >= 15 is 0 Å². The third kappa shape index (κ3) is 4.75. The first-order valence-corrected chi connectivity index (χ1v) is 6.30. The molecule has 102 valence electrons. The number of urea groups is 1. The predicted octanol–water partition coefficient (Wildman–Crippen LogP) is 1.75. The molecule has 0 bridgehead atoms. The highest BCUT2D eigenvalue weighted by atomic mass is 16.3. The summed E-state index contributed by atoms with van der Waals surface area (Å²) in [7, 11) is 0. The minimum atomic E-state index is -0.353. The van der Waals surface area contributed by atoms with Crippen molar-refractivity contribution in [2.45, 2.75) is 45.8 Å². The quantitative estimate of drug-likeness (QED) is 0.723. The molecule has 18 heavy (non-hydrogen) atoms. The van der Waals surface area contributed by atoms with Crippen LogP contribution in [-0.4, -0.2) is 33.6 Å². The van der Waals surface area contributed by atoms with Gasteiger partial charge in [-0.1, -0.05) is 6.92 Å². The maximum absolute atomic E-state index is 11.5. The van der Waals surface area contributed by atoms with Crippen LogP contribution in [0.1, 0.15) is 39.7 Å². The molecule has 0 aliphatic heterocycles. The summed E-state index contributed by atoms with van der Waals surface area (Å²) in [6, 6.07) is -0.00933. The average molecular weight is 254 g/mol. The fourth-order valence-corrected chi connectivity index (χ4v) is 1.42. The molecule has 6 nitrogen and oxygen atoms in total. The SMILES string of the molecule is CCC(O)CCNC(=O)Nc1cnn(C(C)C)c1. The normalized spacial score (nSPS) is 12.5. The highest BCUT2D eigenvalue weighted by Crippen LogP contribution is 2.09. The summed E-state index contributed by atoms with van der Waals surface area (Å²) < 4.78 is 1.77. The van der Waals surface area contributed by atoms with Gasteiger partial charge in [0.1, 0.15) is 0 Å². The van der Waals surface area contributed by atoms with E-state index in [4.69, 9.17) is 0 Å². The lowest BCUT2D eigenvalue weighted by Crippen LogP contribution is -2.31. The van der Waals surface area contributed by atoms with Gasteiger partial charge in [-0.25, -0.2) is 4.79 Å². The van der Waals surface area contributed by atoms with Crippen molar-refractivity contribution in [3.05, 3.63) is 12.4 Å². The number of aliphatic hydroxyl groups is 1. The molecule has 0 radical (unpaired) electrons. The van der Waals surface area contributed by atoms with Crippen LogP contribution < -0.4 is 10.6 Å². The number of hydrogen-bond acceptors (Lipinski definition) is 3. The number of nitrogens with zero attached hydrogens (tertiary/aromatic N) is 2. The maximum Gasteiger partial charge on any atom is 0.319 e. The highest BCUT2D eigenvalue weighted by Gasteiger charge is 2.06. The lowest BCUT2D eigenvalue weighted by molar-refractivity contribution is 0.160. The number of carbonyl (C=O) groups excluding carboxylic acids is 1. The van der Waals surface area contributed by atoms with Gasteiger partial charge in [0.25, 0.3) is 0 Å². The second-order valence-corrected chi connectivity index (χ2v) is 4.53. The Morgan fingerprint density at radius 2 is 2.28 bits per heavy atom. The first-order chi connectivity index (χ1) is 8.52. The van der Waals surface area contributed by atoms with Crippen molar-refractivity contribution in [2.24, 2.45) is 0 Å². The summed E-state index contributed by atoms with van der Waals surface area (Å²) in [6.07, 6.45) is 4.31. The van der Waals surface area contributed by atoms with Gasteiger partial charge >= 0.3 is 6.03 Å². The Hall–Kier alpha value is -1.56. The Labute approximate surface area is 107 Å². The van der Waals surface area contributed by atoms with E-state index in [0.29, 0.717) is 25.1 Å². The lowest BCUT2D eigenvalue weighted by Gasteiger charge is -2.09. The second-order valence-electron chi connectivity index (χ2n) is 4.53. The minimum absolute atomic E-state index is 0.267. The van der Waals surface area contributed by atoms with Crippen LogP contribution in [0, 0.1) is 0 Å². The van der Waals surface area contributed by atoms with E-state index in [-0.39, 0.29) is 18.2 Å². The molecule has 1 aromatic rings. The number of anilines is 1. The molecular weight excluding hydrogens is 232 g/mol. The van der Waals surface area contributed by atoms with E-state index in [1.165, 1.54) is 0 Å². The van der Waals surface area contributed by atoms with Crippen LogP contribution >= 0.6 is 0 Å². The van der Waals surface area contributed by atoms with Crippen molar-refractivity contribution in [3.63, 3.8) is 0 Å². The maximum atomic E-state index is 11.5. The van der Waals surface area contributed by atoms with Crippen LogP contribution in [0.2, 0.25) is 0 Å². The summed E-state index contributed by atoms with van der Waals surface area (Å²) >= 11 is 0. The summed E-state index contributed by atoms with van der Waals surface area (Å²) in [5, 5.41) is 18.8. The molecule has 0 saturated carbocycles. The van der Waals surface area contributed by atoms with E-state index in [0.717, 1.165) is 0 Å². The van der Waals surface area contributed by atoms with Crippen molar-refractivity contribution in [1.29, 1.82) is 0 Å². The fourth-order valence-electron chi connectivity index (χ4n) is 1.42. The number of hydrogen-bond donors (Lipinski definition) is 3. The van der Waals surface area contributed by atoms with Crippen molar-refractivity contribution < 1.29 is 9.90 Å². The highest BCUT2D eigenvalue weighted by molar-refractivity contribution is 5.88. The molecule has 1 rings (SSSR count). The Bertz CT molecular complexity index is 376. The zero-order valence-corrected chi connectivity index (χ0v) is 11.2. The topological polar surface area (TPSA) is 79.2 Å². The number of amides is 2. The molecule has 6 heteroatoms. The first kappa shape index (κ1) is 14.5. The first-order valence-electron chi connectivity index (χ1n) is 6.30. The van der Waals surface area contributed by atoms with Gasteiger partial charge in [0.2, 0.25) is 0 Å². The minimum Gasteiger partial charge on any atom is -0.393 e. The van der Waals surface area contributed by atoms with Gasteiger partial charge in [-0.05, 0) is 26.7 Å². The zero-order chi connectivity index (χ0) is 13.5. The summed E-state index contributed by atoms with van der Waals surface area (Å²) in [5.41, 5.74) is 0.664. The monoisotopic (exact) mass is 254 g/mol. The van der Waals surface area contributed by atoms with E-state index in [1.807, 2.05) is 20.8 Å². The summed E-state index contributed by atoms with van der Waals surface area (Å²) in [5.74, 6) is 0. The molecule has 0 aliphatic carbocycles. The molecule has 3 N–H and O–H groups in total. The zero-order valence-electron chi connectivity index (χ0n) is 11.2. The van der Waals surface area contributed by atoms with Crippen LogP contribution in [0.25, 0.3) is 0 Å². The largest absolute Gasteiger partial charge is 0.393 e. The molecule has 2 amide bonds. The predicted molar refractivity (Wildman–Crippen MR) is 70.5 cm³/mol. The fraction of sp³-hybridized carbons (Fsp3) is 0.667. The van der Waals surface area contributed by atoms with Crippen LogP contribution in [0.15, 0.2) is 12.4 Å². The smallest absolute Gasteiger partial charge is 0.319 e. The third-order valence-electron chi connectivity index (χ3n) is 2.62. The van der Waals surface area contributed by atoms with E-state index in [1.54, 1.807) is 17.1 Å². The van der Waals surface area contributed by atoms with Crippen LogP contribution in [0.5, 0.6) is 0 Å². The van der Waals surface area contributed by atoms with Crippen molar-refractivity contribution in [2.75, 3.05) is 11.9 Å². The molecule has 1 heterocycles. The Kier molecular flexibility index (Phi) is 5.64. The summed E-state index contributed by atoms with van der Waals surface area (Å²) in [6.45, 7) is 6.40. The molecule has 1 aromatic heterocycles. The van der Waals surface area contributed by atoms with E-state index in [9.17, 15) is 9.90 Å². The van der Waals surface area contributed by atoms with E-state index in [2.05, 4.69) is 15.7 Å². The summed E-state index contributed by atoms with van der Waals surface area (Å²) in [4.78, 5) is 11.5. The Morgan fingerprint density at radius 3 is 2.83 bits per heavy atom. The molecule has 0 saturated heterocycles. The number of aliphatic hydroxyl groups excluding tert-OH is 1. The molecule has 0 spiro atoms. The van der Waals surface area contributed by atoms with Crippen LogP contribution in [0.3, 0.4) is 0 Å². The van der Waals surface area contributed by atoms with Crippen molar-refractivity contribution in [3.8, 4) is 0 Å². The third-order valence-corrected chi connectivity index (χ3v) is 2.62. The van der Waals surface area contributed by atoms with Gasteiger partial charge in [0.05, 0.1) is 18.0 Å². The molecule has 1 unspecified atom stereocenters.